The molecule has 0 aromatic heterocycles. The number of nitrogens with zero attached hydrogens (tertiary/aromatic N) is 2. The van der Waals surface area contributed by atoms with Gasteiger partial charge in [-0.15, -0.1) is 0 Å². The molecule has 1 fully saturated rings. The second kappa shape index (κ2) is 8.79. The number of rotatable bonds is 7. The van der Waals surface area contributed by atoms with Crippen LogP contribution in [0.2, 0.25) is 0 Å². The minimum atomic E-state index is -0.816. The standard InChI is InChI=1S/C14H26N2O4/c1-2-8-15(10-11-17)14(20)16-9-4-3-5-12(16)6-7-13(18)19/h12,17H,2-11H2,1H3,(H,18,19). The van der Waals surface area contributed by atoms with E-state index in [4.69, 9.17) is 10.2 Å². The normalized spacial score (nSPS) is 18.9. The number of amides is 2. The van der Waals surface area contributed by atoms with Crippen LogP contribution in [0.4, 0.5) is 4.79 Å². The van der Waals surface area contributed by atoms with Gasteiger partial charge in [0, 0.05) is 32.1 Å². The van der Waals surface area contributed by atoms with Crippen LogP contribution in [0.15, 0.2) is 0 Å². The molecule has 0 aromatic carbocycles. The molecule has 6 nitrogen and oxygen atoms in total. The number of hydrogen-bond donors (Lipinski definition) is 2. The Hall–Kier alpha value is -1.30. The number of aliphatic hydroxyl groups is 1. The van der Waals surface area contributed by atoms with Crippen molar-refractivity contribution in [2.24, 2.45) is 0 Å². The second-order valence-electron chi connectivity index (χ2n) is 5.27. The molecule has 1 saturated heterocycles. The number of likely N-dealkylation sites (tertiary alicyclic amines) is 1. The third-order valence-electron chi connectivity index (χ3n) is 3.70. The van der Waals surface area contributed by atoms with Crippen molar-refractivity contribution < 1.29 is 19.8 Å². The van der Waals surface area contributed by atoms with Crippen LogP contribution in [-0.2, 0) is 4.79 Å². The van der Waals surface area contributed by atoms with E-state index in [1.54, 1.807) is 9.80 Å². The van der Waals surface area contributed by atoms with Gasteiger partial charge in [0.15, 0.2) is 0 Å². The average molecular weight is 286 g/mol. The third-order valence-corrected chi connectivity index (χ3v) is 3.70. The summed E-state index contributed by atoms with van der Waals surface area (Å²) in [5.41, 5.74) is 0. The summed E-state index contributed by atoms with van der Waals surface area (Å²) in [6, 6.07) is -0.0404. The highest BCUT2D eigenvalue weighted by Gasteiger charge is 2.29. The van der Waals surface area contributed by atoms with Crippen molar-refractivity contribution in [2.75, 3.05) is 26.2 Å². The lowest BCUT2D eigenvalue weighted by molar-refractivity contribution is -0.137. The number of carboxylic acids is 1. The van der Waals surface area contributed by atoms with Crippen molar-refractivity contribution in [3.63, 3.8) is 0 Å². The number of piperidine rings is 1. The Bertz CT molecular complexity index is 316. The average Bonchev–Trinajstić information content (AvgIpc) is 2.44. The summed E-state index contributed by atoms with van der Waals surface area (Å²) < 4.78 is 0. The van der Waals surface area contributed by atoms with Crippen molar-refractivity contribution in [2.45, 2.75) is 51.5 Å². The maximum absolute atomic E-state index is 12.5. The second-order valence-corrected chi connectivity index (χ2v) is 5.27. The lowest BCUT2D eigenvalue weighted by Gasteiger charge is -2.39. The van der Waals surface area contributed by atoms with Gasteiger partial charge in [0.25, 0.3) is 0 Å². The van der Waals surface area contributed by atoms with Gasteiger partial charge in [0.1, 0.15) is 0 Å². The van der Waals surface area contributed by atoms with Crippen molar-refractivity contribution in [3.8, 4) is 0 Å². The molecule has 2 amide bonds. The van der Waals surface area contributed by atoms with Crippen molar-refractivity contribution in [3.05, 3.63) is 0 Å². The molecule has 116 valence electrons. The van der Waals surface area contributed by atoms with E-state index < -0.39 is 5.97 Å². The molecular weight excluding hydrogens is 260 g/mol. The van der Waals surface area contributed by atoms with E-state index in [2.05, 4.69) is 0 Å². The van der Waals surface area contributed by atoms with Crippen molar-refractivity contribution in [1.82, 2.24) is 9.80 Å². The van der Waals surface area contributed by atoms with Crippen LogP contribution in [0.25, 0.3) is 0 Å². The molecule has 0 bridgehead atoms. The number of carboxylic acid groups (broad SMARTS) is 1. The van der Waals surface area contributed by atoms with E-state index in [0.717, 1.165) is 25.7 Å². The van der Waals surface area contributed by atoms with Crippen LogP contribution in [0.1, 0.15) is 45.4 Å². The summed E-state index contributed by atoms with van der Waals surface area (Å²) in [6.45, 7) is 3.61. The zero-order valence-corrected chi connectivity index (χ0v) is 12.3. The number of aliphatic hydroxyl groups excluding tert-OH is 1. The predicted octanol–water partition coefficient (Wildman–Crippen LogP) is 1.53. The monoisotopic (exact) mass is 286 g/mol. The van der Waals surface area contributed by atoms with Gasteiger partial charge in [-0.1, -0.05) is 6.92 Å². The lowest BCUT2D eigenvalue weighted by atomic mass is 9.98. The number of urea groups is 1. The highest BCUT2D eigenvalue weighted by molar-refractivity contribution is 5.75. The van der Waals surface area contributed by atoms with Crippen LogP contribution in [0.5, 0.6) is 0 Å². The first kappa shape index (κ1) is 16.8. The molecule has 20 heavy (non-hydrogen) atoms. The van der Waals surface area contributed by atoms with Gasteiger partial charge in [0.05, 0.1) is 6.61 Å². The van der Waals surface area contributed by atoms with Gasteiger partial charge < -0.3 is 20.0 Å². The fourth-order valence-electron chi connectivity index (χ4n) is 2.72. The number of carbonyl (C=O) groups excluding carboxylic acids is 1. The summed E-state index contributed by atoms with van der Waals surface area (Å²) in [5, 5.41) is 17.9. The van der Waals surface area contributed by atoms with Gasteiger partial charge in [-0.25, -0.2) is 4.79 Å². The Morgan fingerprint density at radius 1 is 1.30 bits per heavy atom. The quantitative estimate of drug-likeness (QED) is 0.743. The molecule has 0 aliphatic carbocycles. The fourth-order valence-corrected chi connectivity index (χ4v) is 2.72. The Balaban J connectivity index is 2.66. The van der Waals surface area contributed by atoms with E-state index in [1.807, 2.05) is 6.92 Å². The smallest absolute Gasteiger partial charge is 0.320 e. The summed E-state index contributed by atoms with van der Waals surface area (Å²) >= 11 is 0. The molecule has 6 heteroatoms. The first-order valence-electron chi connectivity index (χ1n) is 7.48. The zero-order valence-electron chi connectivity index (χ0n) is 12.3. The molecule has 2 N–H and O–H groups in total. The minimum absolute atomic E-state index is 0.0189. The zero-order chi connectivity index (χ0) is 15.0. The Labute approximate surface area is 120 Å². The summed E-state index contributed by atoms with van der Waals surface area (Å²) in [7, 11) is 0. The lowest BCUT2D eigenvalue weighted by Crippen LogP contribution is -2.51. The highest BCUT2D eigenvalue weighted by Crippen LogP contribution is 2.22. The van der Waals surface area contributed by atoms with Crippen LogP contribution in [-0.4, -0.2) is 64.3 Å². The van der Waals surface area contributed by atoms with E-state index in [1.165, 1.54) is 0 Å². The van der Waals surface area contributed by atoms with E-state index in [-0.39, 0.29) is 25.1 Å². The van der Waals surface area contributed by atoms with Crippen molar-refractivity contribution >= 4 is 12.0 Å². The van der Waals surface area contributed by atoms with Crippen LogP contribution >= 0.6 is 0 Å². The van der Waals surface area contributed by atoms with Crippen LogP contribution in [0, 0.1) is 0 Å². The number of carbonyl (C=O) groups is 2. The molecule has 0 radical (unpaired) electrons. The van der Waals surface area contributed by atoms with E-state index in [9.17, 15) is 9.59 Å². The topological polar surface area (TPSA) is 81.1 Å². The van der Waals surface area contributed by atoms with E-state index >= 15 is 0 Å². The van der Waals surface area contributed by atoms with Gasteiger partial charge in [0.2, 0.25) is 0 Å². The van der Waals surface area contributed by atoms with Gasteiger partial charge in [-0.2, -0.15) is 0 Å². The third kappa shape index (κ3) is 5.00. The van der Waals surface area contributed by atoms with Gasteiger partial charge in [-0.05, 0) is 32.1 Å². The van der Waals surface area contributed by atoms with Crippen LogP contribution in [0.3, 0.4) is 0 Å². The first-order chi connectivity index (χ1) is 9.60. The minimum Gasteiger partial charge on any atom is -0.481 e. The molecule has 1 aliphatic heterocycles. The first-order valence-corrected chi connectivity index (χ1v) is 7.48. The Morgan fingerprint density at radius 3 is 2.65 bits per heavy atom. The molecule has 1 aliphatic rings. The van der Waals surface area contributed by atoms with Crippen LogP contribution < -0.4 is 0 Å². The number of aliphatic carboxylic acids is 1. The molecule has 1 unspecified atom stereocenters. The fraction of sp³-hybridized carbons (Fsp3) is 0.857. The SMILES string of the molecule is CCCN(CCO)C(=O)N1CCCCC1CCC(=O)O. The molecule has 0 saturated carbocycles. The largest absolute Gasteiger partial charge is 0.481 e. The van der Waals surface area contributed by atoms with Gasteiger partial charge in [-0.3, -0.25) is 4.79 Å². The highest BCUT2D eigenvalue weighted by atomic mass is 16.4. The maximum atomic E-state index is 12.5. The maximum Gasteiger partial charge on any atom is 0.320 e. The summed E-state index contributed by atoms with van der Waals surface area (Å²) in [6.07, 6.45) is 4.34. The molecule has 0 spiro atoms. The molecule has 0 aromatic rings. The molecule has 1 heterocycles. The summed E-state index contributed by atoms with van der Waals surface area (Å²) in [4.78, 5) is 26.7. The van der Waals surface area contributed by atoms with E-state index in [0.29, 0.717) is 26.1 Å². The number of hydrogen-bond acceptors (Lipinski definition) is 3. The Kier molecular flexibility index (Phi) is 7.36. The van der Waals surface area contributed by atoms with Crippen molar-refractivity contribution in [1.29, 1.82) is 0 Å². The van der Waals surface area contributed by atoms with Gasteiger partial charge >= 0.3 is 12.0 Å². The molecule has 1 rings (SSSR count). The predicted molar refractivity (Wildman–Crippen MR) is 75.6 cm³/mol. The molecular formula is C14H26N2O4. The molecule has 1 atom stereocenters. The summed E-state index contributed by atoms with van der Waals surface area (Å²) in [5.74, 6) is -0.816. The Morgan fingerprint density at radius 2 is 2.05 bits per heavy atom.